The monoisotopic (exact) mass is 248 g/mol. The number of hydrogen-bond acceptors (Lipinski definition) is 5. The first-order valence-corrected chi connectivity index (χ1v) is 5.77. The second-order valence-corrected chi connectivity index (χ2v) is 4.30. The number of aliphatic hydroxyl groups is 1. The number of aromatic nitrogens is 2. The number of rotatable bonds is 4. The smallest absolute Gasteiger partial charge is 0.145 e. The molecule has 0 radical (unpaired) electrons. The minimum atomic E-state index is -0.572. The lowest BCUT2D eigenvalue weighted by atomic mass is 10.1. The molecule has 5 nitrogen and oxygen atoms in total. The summed E-state index contributed by atoms with van der Waals surface area (Å²) in [5.74, 6) is 0.660. The van der Waals surface area contributed by atoms with E-state index in [9.17, 15) is 5.11 Å². The molecular weight excluding hydrogens is 232 g/mol. The van der Waals surface area contributed by atoms with Crippen molar-refractivity contribution in [2.75, 3.05) is 0 Å². The summed E-state index contributed by atoms with van der Waals surface area (Å²) in [5, 5.41) is 17.1. The zero-order chi connectivity index (χ0) is 13.1. The summed E-state index contributed by atoms with van der Waals surface area (Å²) in [6.45, 7) is 5.77. The topological polar surface area (TPSA) is 68.4 Å². The molecule has 1 heterocycles. The number of nitrogens with zero attached hydrogens (tertiary/aromatic N) is 2. The summed E-state index contributed by atoms with van der Waals surface area (Å²) >= 11 is 0. The predicted octanol–water partition coefficient (Wildman–Crippen LogP) is 2.32. The van der Waals surface area contributed by atoms with Crippen LogP contribution in [0.15, 0.2) is 22.8 Å². The van der Waals surface area contributed by atoms with E-state index >= 15 is 0 Å². The van der Waals surface area contributed by atoms with E-state index in [1.165, 1.54) is 0 Å². The molecule has 0 aliphatic rings. The Hall–Kier alpha value is -1.88. The number of benzene rings is 1. The van der Waals surface area contributed by atoms with Gasteiger partial charge in [-0.15, -0.1) is 0 Å². The summed E-state index contributed by atoms with van der Waals surface area (Å²) < 4.78 is 10.3. The molecule has 2 rings (SSSR count). The third-order valence-electron chi connectivity index (χ3n) is 2.73. The van der Waals surface area contributed by atoms with Gasteiger partial charge in [0.05, 0.1) is 6.10 Å². The van der Waals surface area contributed by atoms with Crippen LogP contribution in [0.1, 0.15) is 35.5 Å². The van der Waals surface area contributed by atoms with Crippen LogP contribution in [-0.4, -0.2) is 15.4 Å². The zero-order valence-electron chi connectivity index (χ0n) is 10.7. The van der Waals surface area contributed by atoms with Crippen molar-refractivity contribution in [3.63, 3.8) is 0 Å². The van der Waals surface area contributed by atoms with E-state index in [0.29, 0.717) is 17.1 Å². The van der Waals surface area contributed by atoms with Gasteiger partial charge in [-0.3, -0.25) is 0 Å². The summed E-state index contributed by atoms with van der Waals surface area (Å²) in [4.78, 5) is 0. The van der Waals surface area contributed by atoms with Crippen LogP contribution in [0.2, 0.25) is 0 Å². The van der Waals surface area contributed by atoms with E-state index in [1.807, 2.05) is 25.1 Å². The third kappa shape index (κ3) is 2.68. The van der Waals surface area contributed by atoms with Crippen LogP contribution in [0.25, 0.3) is 0 Å². The lowest BCUT2D eigenvalue weighted by molar-refractivity contribution is 0.189. The summed E-state index contributed by atoms with van der Waals surface area (Å²) in [6.07, 6.45) is -0.572. The Morgan fingerprint density at radius 2 is 2.11 bits per heavy atom. The fourth-order valence-corrected chi connectivity index (χ4v) is 1.64. The fraction of sp³-hybridized carbons (Fsp3) is 0.385. The number of hydrogen-bond donors (Lipinski definition) is 1. The van der Waals surface area contributed by atoms with Gasteiger partial charge in [-0.05, 0) is 32.4 Å². The molecule has 0 unspecified atom stereocenters. The molecule has 0 saturated heterocycles. The highest BCUT2D eigenvalue weighted by Gasteiger charge is 2.11. The van der Waals surface area contributed by atoms with Crippen LogP contribution in [0, 0.1) is 13.8 Å². The molecule has 1 aromatic carbocycles. The summed E-state index contributed by atoms with van der Waals surface area (Å²) in [7, 11) is 0. The molecule has 96 valence electrons. The molecule has 0 bridgehead atoms. The van der Waals surface area contributed by atoms with Crippen LogP contribution in [0.3, 0.4) is 0 Å². The molecule has 0 saturated carbocycles. The van der Waals surface area contributed by atoms with E-state index in [1.54, 1.807) is 13.8 Å². The number of aryl methyl sites for hydroxylation is 2. The highest BCUT2D eigenvalue weighted by molar-refractivity contribution is 5.38. The Bertz CT molecular complexity index is 535. The highest BCUT2D eigenvalue weighted by atomic mass is 16.6. The summed E-state index contributed by atoms with van der Waals surface area (Å²) in [5.41, 5.74) is 3.20. The van der Waals surface area contributed by atoms with Gasteiger partial charge in [0.2, 0.25) is 0 Å². The fourth-order valence-electron chi connectivity index (χ4n) is 1.64. The Balaban J connectivity index is 2.18. The van der Waals surface area contributed by atoms with Crippen molar-refractivity contribution in [3.05, 3.63) is 40.7 Å². The maximum absolute atomic E-state index is 9.68. The molecule has 0 aliphatic heterocycles. The zero-order valence-corrected chi connectivity index (χ0v) is 10.7. The average molecular weight is 248 g/mol. The standard InChI is InChI=1S/C13H16N2O3/c1-8-4-5-11(10(3)16)13(6-8)17-7-12-9(2)14-18-15-12/h4-6,10,16H,7H2,1-3H3/t10-/m1/s1. The molecule has 0 fully saturated rings. The van der Waals surface area contributed by atoms with Gasteiger partial charge in [0.15, 0.2) is 0 Å². The molecule has 5 heteroatoms. The van der Waals surface area contributed by atoms with Crippen molar-refractivity contribution in [1.82, 2.24) is 10.3 Å². The predicted molar refractivity (Wildman–Crippen MR) is 65.2 cm³/mol. The van der Waals surface area contributed by atoms with Crippen molar-refractivity contribution < 1.29 is 14.5 Å². The SMILES string of the molecule is Cc1ccc([C@@H](C)O)c(OCc2nonc2C)c1. The Labute approximate surface area is 105 Å². The molecule has 0 spiro atoms. The van der Waals surface area contributed by atoms with E-state index in [0.717, 1.165) is 11.1 Å². The quantitative estimate of drug-likeness (QED) is 0.899. The minimum Gasteiger partial charge on any atom is -0.487 e. The van der Waals surface area contributed by atoms with Gasteiger partial charge >= 0.3 is 0 Å². The van der Waals surface area contributed by atoms with Gasteiger partial charge < -0.3 is 9.84 Å². The van der Waals surface area contributed by atoms with Gasteiger partial charge in [-0.2, -0.15) is 0 Å². The first-order chi connectivity index (χ1) is 8.58. The third-order valence-corrected chi connectivity index (χ3v) is 2.73. The lowest BCUT2D eigenvalue weighted by Crippen LogP contribution is -2.02. The van der Waals surface area contributed by atoms with E-state index in [4.69, 9.17) is 4.74 Å². The van der Waals surface area contributed by atoms with E-state index in [2.05, 4.69) is 14.9 Å². The van der Waals surface area contributed by atoms with Crippen molar-refractivity contribution in [1.29, 1.82) is 0 Å². The first-order valence-electron chi connectivity index (χ1n) is 5.77. The van der Waals surface area contributed by atoms with Crippen LogP contribution >= 0.6 is 0 Å². The highest BCUT2D eigenvalue weighted by Crippen LogP contribution is 2.27. The van der Waals surface area contributed by atoms with Crippen LogP contribution < -0.4 is 4.74 Å². The lowest BCUT2D eigenvalue weighted by Gasteiger charge is -2.13. The van der Waals surface area contributed by atoms with Gasteiger partial charge in [-0.25, -0.2) is 4.63 Å². The molecular formula is C13H16N2O3. The number of aliphatic hydroxyl groups excluding tert-OH is 1. The van der Waals surface area contributed by atoms with E-state index in [-0.39, 0.29) is 6.61 Å². The van der Waals surface area contributed by atoms with Crippen LogP contribution in [0.4, 0.5) is 0 Å². The van der Waals surface area contributed by atoms with E-state index < -0.39 is 6.10 Å². The minimum absolute atomic E-state index is 0.276. The number of ether oxygens (including phenoxy) is 1. The second-order valence-electron chi connectivity index (χ2n) is 4.30. The second kappa shape index (κ2) is 5.18. The van der Waals surface area contributed by atoms with Gasteiger partial charge in [0, 0.05) is 5.56 Å². The van der Waals surface area contributed by atoms with Gasteiger partial charge in [0.25, 0.3) is 0 Å². The largest absolute Gasteiger partial charge is 0.487 e. The Morgan fingerprint density at radius 1 is 1.33 bits per heavy atom. The maximum Gasteiger partial charge on any atom is 0.145 e. The Morgan fingerprint density at radius 3 is 2.72 bits per heavy atom. The van der Waals surface area contributed by atoms with Gasteiger partial charge in [-0.1, -0.05) is 22.4 Å². The normalized spacial score (nSPS) is 12.4. The molecule has 1 aromatic heterocycles. The molecule has 0 aliphatic carbocycles. The van der Waals surface area contributed by atoms with Crippen molar-refractivity contribution in [2.45, 2.75) is 33.5 Å². The molecule has 18 heavy (non-hydrogen) atoms. The molecule has 1 atom stereocenters. The maximum atomic E-state index is 9.68. The van der Waals surface area contributed by atoms with Crippen LogP contribution in [-0.2, 0) is 6.61 Å². The Kier molecular flexibility index (Phi) is 3.62. The van der Waals surface area contributed by atoms with Crippen molar-refractivity contribution >= 4 is 0 Å². The molecule has 2 aromatic rings. The molecule has 0 amide bonds. The first kappa shape index (κ1) is 12.6. The average Bonchev–Trinajstić information content (AvgIpc) is 2.72. The van der Waals surface area contributed by atoms with Gasteiger partial charge in [0.1, 0.15) is 23.7 Å². The summed E-state index contributed by atoms with van der Waals surface area (Å²) in [6, 6.07) is 5.70. The van der Waals surface area contributed by atoms with Crippen molar-refractivity contribution in [3.8, 4) is 5.75 Å². The van der Waals surface area contributed by atoms with Crippen LogP contribution in [0.5, 0.6) is 5.75 Å². The van der Waals surface area contributed by atoms with Crippen molar-refractivity contribution in [2.24, 2.45) is 0 Å². The molecule has 1 N–H and O–H groups in total.